The van der Waals surface area contributed by atoms with E-state index < -0.39 is 0 Å². The fraction of sp³-hybridized carbons (Fsp3) is 0.345. The van der Waals surface area contributed by atoms with Gasteiger partial charge in [-0.3, -0.25) is 4.79 Å². The number of carbonyl (C=O) groups is 1. The summed E-state index contributed by atoms with van der Waals surface area (Å²) >= 11 is 5.95. The van der Waals surface area contributed by atoms with Gasteiger partial charge >= 0.3 is 0 Å². The molecule has 0 aromatic heterocycles. The molecule has 1 aliphatic rings. The number of ether oxygens (including phenoxy) is 2. The summed E-state index contributed by atoms with van der Waals surface area (Å²) in [5, 5.41) is 3.56. The highest BCUT2D eigenvalue weighted by Crippen LogP contribution is 2.32. The second-order valence-electron chi connectivity index (χ2n) is 9.02. The predicted octanol–water partition coefficient (Wildman–Crippen LogP) is 6.73. The molecule has 184 valence electrons. The lowest BCUT2D eigenvalue weighted by Gasteiger charge is -2.29. The highest BCUT2D eigenvalue weighted by atomic mass is 35.5. The number of hydrogen-bond acceptors (Lipinski definition) is 3. The molecule has 0 bridgehead atoms. The van der Waals surface area contributed by atoms with Gasteiger partial charge in [-0.15, -0.1) is 0 Å². The summed E-state index contributed by atoms with van der Waals surface area (Å²) in [4.78, 5) is 11.3. The van der Waals surface area contributed by atoms with E-state index in [-0.39, 0.29) is 23.9 Å². The molecule has 0 radical (unpaired) electrons. The average Bonchev–Trinajstić information content (AvgIpc) is 2.85. The fourth-order valence-electron chi connectivity index (χ4n) is 4.45. The van der Waals surface area contributed by atoms with E-state index in [1.807, 2.05) is 48.5 Å². The minimum atomic E-state index is -0.279. The monoisotopic (exact) mass is 495 g/mol. The Morgan fingerprint density at radius 2 is 1.74 bits per heavy atom. The molecule has 1 fully saturated rings. The molecule has 0 atom stereocenters. The van der Waals surface area contributed by atoms with Gasteiger partial charge < -0.3 is 14.8 Å². The van der Waals surface area contributed by atoms with Gasteiger partial charge in [0.2, 0.25) is 5.91 Å². The zero-order valence-corrected chi connectivity index (χ0v) is 20.7. The van der Waals surface area contributed by atoms with Gasteiger partial charge in [-0.05, 0) is 90.8 Å². The summed E-state index contributed by atoms with van der Waals surface area (Å²) < 4.78 is 26.4. The lowest BCUT2D eigenvalue weighted by molar-refractivity contribution is -0.118. The first kappa shape index (κ1) is 25.2. The number of benzene rings is 3. The first-order valence-corrected chi connectivity index (χ1v) is 12.5. The Morgan fingerprint density at radius 3 is 2.46 bits per heavy atom. The molecule has 0 saturated heterocycles. The van der Waals surface area contributed by atoms with Gasteiger partial charge in [0.1, 0.15) is 11.6 Å². The Labute approximate surface area is 211 Å². The zero-order valence-electron chi connectivity index (χ0n) is 19.9. The van der Waals surface area contributed by atoms with Crippen molar-refractivity contribution in [3.05, 3.63) is 88.7 Å². The third kappa shape index (κ3) is 7.55. The predicted molar refractivity (Wildman–Crippen MR) is 137 cm³/mol. The third-order valence-electron chi connectivity index (χ3n) is 6.31. The van der Waals surface area contributed by atoms with Crippen LogP contribution in [0.3, 0.4) is 0 Å². The molecule has 1 amide bonds. The highest BCUT2D eigenvalue weighted by Gasteiger charge is 2.23. The standard InChI is InChI=1S/C29H31ClFNO3/c1-20(33)32-16-15-22-7-10-28(18-29(22)23-3-2-4-25(31)17-23)35-27-13-11-26(12-14-27)34-19-21-5-8-24(30)9-6-21/h2-10,17-18,26-27H,11-16,19H2,1H3,(H,32,33). The van der Waals surface area contributed by atoms with Crippen LogP contribution in [0.25, 0.3) is 11.1 Å². The minimum Gasteiger partial charge on any atom is -0.490 e. The van der Waals surface area contributed by atoms with E-state index in [0.717, 1.165) is 58.7 Å². The SMILES string of the molecule is CC(=O)NCCc1ccc(OC2CCC(OCc3ccc(Cl)cc3)CC2)cc1-c1cccc(F)c1. The van der Waals surface area contributed by atoms with Gasteiger partial charge in [0.05, 0.1) is 18.8 Å². The lowest BCUT2D eigenvalue weighted by atomic mass is 9.94. The second-order valence-corrected chi connectivity index (χ2v) is 9.45. The number of nitrogens with one attached hydrogen (secondary N) is 1. The van der Waals surface area contributed by atoms with Crippen LogP contribution in [0.1, 0.15) is 43.7 Å². The van der Waals surface area contributed by atoms with Crippen molar-refractivity contribution >= 4 is 17.5 Å². The minimum absolute atomic E-state index is 0.0648. The van der Waals surface area contributed by atoms with Crippen LogP contribution in [0.2, 0.25) is 5.02 Å². The summed E-state index contributed by atoms with van der Waals surface area (Å²) in [7, 11) is 0. The molecular weight excluding hydrogens is 465 g/mol. The first-order valence-electron chi connectivity index (χ1n) is 12.1. The van der Waals surface area contributed by atoms with Crippen molar-refractivity contribution in [1.29, 1.82) is 0 Å². The number of hydrogen-bond donors (Lipinski definition) is 1. The van der Waals surface area contributed by atoms with E-state index in [2.05, 4.69) is 5.32 Å². The first-order chi connectivity index (χ1) is 17.0. The highest BCUT2D eigenvalue weighted by molar-refractivity contribution is 6.30. The van der Waals surface area contributed by atoms with Crippen LogP contribution < -0.4 is 10.1 Å². The normalized spacial score (nSPS) is 17.7. The maximum atomic E-state index is 13.9. The van der Waals surface area contributed by atoms with Crippen LogP contribution in [-0.4, -0.2) is 24.7 Å². The number of halogens is 2. The summed E-state index contributed by atoms with van der Waals surface area (Å²) in [6.45, 7) is 2.62. The molecule has 3 aromatic rings. The smallest absolute Gasteiger partial charge is 0.216 e. The molecular formula is C29H31ClFNO3. The van der Waals surface area contributed by atoms with E-state index in [1.54, 1.807) is 6.07 Å². The third-order valence-corrected chi connectivity index (χ3v) is 6.56. The van der Waals surface area contributed by atoms with E-state index in [9.17, 15) is 9.18 Å². The number of amides is 1. The Balaban J connectivity index is 1.36. The Morgan fingerprint density at radius 1 is 1.00 bits per heavy atom. The van der Waals surface area contributed by atoms with Crippen LogP contribution in [0.5, 0.6) is 5.75 Å². The number of rotatable bonds is 9. The van der Waals surface area contributed by atoms with E-state index in [4.69, 9.17) is 21.1 Å². The van der Waals surface area contributed by atoms with Crippen LogP contribution >= 0.6 is 11.6 Å². The van der Waals surface area contributed by atoms with Gasteiger partial charge in [-0.25, -0.2) is 4.39 Å². The molecule has 6 heteroatoms. The van der Waals surface area contributed by atoms with E-state index in [1.165, 1.54) is 19.1 Å². The largest absolute Gasteiger partial charge is 0.490 e. The van der Waals surface area contributed by atoms with Crippen molar-refractivity contribution < 1.29 is 18.7 Å². The quantitative estimate of drug-likeness (QED) is 0.358. The van der Waals surface area contributed by atoms with Gasteiger partial charge in [-0.2, -0.15) is 0 Å². The van der Waals surface area contributed by atoms with Crippen LogP contribution in [-0.2, 0) is 22.6 Å². The van der Waals surface area contributed by atoms with Crippen LogP contribution in [0.15, 0.2) is 66.7 Å². The fourth-order valence-corrected chi connectivity index (χ4v) is 4.57. The zero-order chi connectivity index (χ0) is 24.6. The van der Waals surface area contributed by atoms with Crippen LogP contribution in [0.4, 0.5) is 4.39 Å². The molecule has 0 unspecified atom stereocenters. The Kier molecular flexibility index (Phi) is 8.78. The Hall–Kier alpha value is -2.89. The second kappa shape index (κ2) is 12.2. The maximum absolute atomic E-state index is 13.9. The van der Waals surface area contributed by atoms with Crippen molar-refractivity contribution in [2.24, 2.45) is 0 Å². The van der Waals surface area contributed by atoms with Crippen molar-refractivity contribution in [3.63, 3.8) is 0 Å². The van der Waals surface area contributed by atoms with E-state index >= 15 is 0 Å². The molecule has 0 spiro atoms. The summed E-state index contributed by atoms with van der Waals surface area (Å²) in [5.41, 5.74) is 3.88. The van der Waals surface area contributed by atoms with Gasteiger partial charge in [-0.1, -0.05) is 41.9 Å². The van der Waals surface area contributed by atoms with Crippen LogP contribution in [0, 0.1) is 5.82 Å². The summed E-state index contributed by atoms with van der Waals surface area (Å²) in [6, 6.07) is 20.3. The van der Waals surface area contributed by atoms with Gasteiger partial charge in [0.25, 0.3) is 0 Å². The van der Waals surface area contributed by atoms with E-state index in [0.29, 0.717) is 19.6 Å². The molecule has 1 N–H and O–H groups in total. The van der Waals surface area contributed by atoms with Gasteiger partial charge in [0, 0.05) is 18.5 Å². The molecule has 0 aliphatic heterocycles. The lowest BCUT2D eigenvalue weighted by Crippen LogP contribution is -2.28. The summed E-state index contributed by atoms with van der Waals surface area (Å²) in [6.07, 6.45) is 4.74. The molecule has 3 aromatic carbocycles. The molecule has 1 saturated carbocycles. The molecule has 4 nitrogen and oxygen atoms in total. The molecule has 35 heavy (non-hydrogen) atoms. The summed E-state index contributed by atoms with van der Waals surface area (Å²) in [5.74, 6) is 0.432. The molecule has 0 heterocycles. The van der Waals surface area contributed by atoms with Gasteiger partial charge in [0.15, 0.2) is 0 Å². The molecule has 4 rings (SSSR count). The Bertz CT molecular complexity index is 1130. The van der Waals surface area contributed by atoms with Crippen molar-refractivity contribution in [2.75, 3.05) is 6.54 Å². The van der Waals surface area contributed by atoms with Crippen molar-refractivity contribution in [2.45, 2.75) is 57.8 Å². The maximum Gasteiger partial charge on any atom is 0.216 e. The van der Waals surface area contributed by atoms with Crippen molar-refractivity contribution in [1.82, 2.24) is 5.32 Å². The topological polar surface area (TPSA) is 47.6 Å². The number of carbonyl (C=O) groups excluding carboxylic acids is 1. The molecule has 1 aliphatic carbocycles. The van der Waals surface area contributed by atoms with Crippen molar-refractivity contribution in [3.8, 4) is 16.9 Å². The average molecular weight is 496 g/mol.